The van der Waals surface area contributed by atoms with E-state index in [0.717, 1.165) is 21.8 Å². The van der Waals surface area contributed by atoms with Gasteiger partial charge in [0.1, 0.15) is 0 Å². The summed E-state index contributed by atoms with van der Waals surface area (Å²) in [6, 6.07) is 24.3. The van der Waals surface area contributed by atoms with Gasteiger partial charge in [0, 0.05) is 39.5 Å². The predicted molar refractivity (Wildman–Crippen MR) is 129 cm³/mol. The molecule has 28 heavy (non-hydrogen) atoms. The number of hydrogen-bond donors (Lipinski definition) is 1. The van der Waals surface area contributed by atoms with E-state index in [1.807, 2.05) is 36.4 Å². The second-order valence-corrected chi connectivity index (χ2v) is 9.88. The number of benzene rings is 3. The zero-order chi connectivity index (χ0) is 18.1. The summed E-state index contributed by atoms with van der Waals surface area (Å²) in [5, 5.41) is 2.85. The van der Waals surface area contributed by atoms with Crippen LogP contribution in [0.1, 0.15) is 11.1 Å². The molecule has 4 rings (SSSR count). The van der Waals surface area contributed by atoms with Gasteiger partial charge in [0.15, 0.2) is 0 Å². The molecule has 3 aromatic rings. The van der Waals surface area contributed by atoms with Crippen molar-refractivity contribution in [2.45, 2.75) is 4.90 Å². The molecule has 1 aliphatic rings. The molecule has 0 radical (unpaired) electrons. The fraction of sp³-hybridized carbons (Fsp3) is 0.0476. The maximum absolute atomic E-state index is 12.0. The molecule has 1 heterocycles. The van der Waals surface area contributed by atoms with Crippen LogP contribution < -0.4 is 4.90 Å². The van der Waals surface area contributed by atoms with Gasteiger partial charge in [-0.25, -0.2) is 0 Å². The number of anilines is 2. The Labute approximate surface area is 219 Å². The van der Waals surface area contributed by atoms with E-state index in [9.17, 15) is 4.57 Å². The molecule has 1 unspecified atom stereocenters. The fourth-order valence-electron chi connectivity index (χ4n) is 3.26. The number of halogens is 1. The first-order valence-corrected chi connectivity index (χ1v) is 11.5. The number of nitrogens with zero attached hydrogens (tertiary/aromatic N) is 1. The molecular formula is C21H19ClNNa2OPS. The van der Waals surface area contributed by atoms with Gasteiger partial charge >= 0.3 is 59.1 Å². The van der Waals surface area contributed by atoms with Crippen LogP contribution in [0.3, 0.4) is 0 Å². The van der Waals surface area contributed by atoms with Crippen LogP contribution in [0.5, 0.6) is 0 Å². The van der Waals surface area contributed by atoms with E-state index in [1.54, 1.807) is 0 Å². The fourth-order valence-corrected chi connectivity index (χ4v) is 5.83. The molecular weight excluding hydrogens is 427 g/mol. The van der Waals surface area contributed by atoms with Gasteiger partial charge in [-0.1, -0.05) is 48.0 Å². The number of para-hydroxylation sites is 2. The Kier molecular flexibility index (Phi) is 9.35. The van der Waals surface area contributed by atoms with Gasteiger partial charge in [-0.15, -0.1) is 10.5 Å². The molecule has 134 valence electrons. The predicted octanol–water partition coefficient (Wildman–Crippen LogP) is 5.78. The average Bonchev–Trinajstić information content (AvgIpc) is 2.69. The first-order valence-electron chi connectivity index (χ1n) is 8.21. The minimum atomic E-state index is -0.975. The SMILES string of the molecule is CN1c2ccccc2C(=C[SH](P=O)c2ccc(Cl)cc2)c2ccccc21.[NaH].[NaH]. The van der Waals surface area contributed by atoms with Gasteiger partial charge in [-0.2, -0.15) is 0 Å². The van der Waals surface area contributed by atoms with Crippen molar-refractivity contribution in [2.75, 3.05) is 11.9 Å². The van der Waals surface area contributed by atoms with E-state index in [4.69, 9.17) is 11.6 Å². The van der Waals surface area contributed by atoms with Gasteiger partial charge in [0.2, 0.25) is 7.66 Å². The van der Waals surface area contributed by atoms with E-state index in [2.05, 4.69) is 53.8 Å². The monoisotopic (exact) mass is 445 g/mol. The average molecular weight is 446 g/mol. The van der Waals surface area contributed by atoms with Crippen molar-refractivity contribution < 1.29 is 4.57 Å². The van der Waals surface area contributed by atoms with Gasteiger partial charge in [-0.05, 0) is 47.4 Å². The maximum atomic E-state index is 12.0. The summed E-state index contributed by atoms with van der Waals surface area (Å²) in [5.74, 6) is 0. The topological polar surface area (TPSA) is 20.3 Å². The molecule has 0 aromatic heterocycles. The van der Waals surface area contributed by atoms with E-state index in [1.165, 1.54) is 11.1 Å². The van der Waals surface area contributed by atoms with Gasteiger partial charge in [0.05, 0.1) is 0 Å². The van der Waals surface area contributed by atoms with Crippen molar-refractivity contribution in [3.05, 3.63) is 94.4 Å². The zero-order valence-electron chi connectivity index (χ0n) is 14.1. The number of thiol groups is 1. The molecule has 0 N–H and O–H groups in total. The summed E-state index contributed by atoms with van der Waals surface area (Å²) in [7, 11) is 1.24. The van der Waals surface area contributed by atoms with Crippen LogP contribution in [0.4, 0.5) is 11.4 Å². The number of hydrogen-bond acceptors (Lipinski definition) is 2. The summed E-state index contributed by atoms with van der Waals surface area (Å²) in [6.45, 7) is 0. The third-order valence-corrected chi connectivity index (χ3v) is 7.87. The summed E-state index contributed by atoms with van der Waals surface area (Å²) >= 11 is 6.01. The van der Waals surface area contributed by atoms with Crippen molar-refractivity contribution in [2.24, 2.45) is 0 Å². The standard InChI is InChI=1S/C21H17ClNOPS.2Na.2H/c1-23-20-8-4-2-6-17(20)19(18-7-3-5-9-21(18)23)14-26(25-24)16-12-10-15(22)11-13-16;;;;/h2-14,26H,1H3;;;;. The quantitative estimate of drug-likeness (QED) is 0.313. The van der Waals surface area contributed by atoms with Crippen LogP contribution in [0.2, 0.25) is 5.02 Å². The molecule has 0 aliphatic carbocycles. The molecule has 1 atom stereocenters. The van der Waals surface area contributed by atoms with Gasteiger partial charge in [-0.3, -0.25) is 4.57 Å². The van der Waals surface area contributed by atoms with E-state index < -0.39 is 10.5 Å². The van der Waals surface area contributed by atoms with Crippen LogP contribution in [0.15, 0.2) is 83.1 Å². The van der Waals surface area contributed by atoms with Gasteiger partial charge < -0.3 is 4.90 Å². The molecule has 0 spiro atoms. The van der Waals surface area contributed by atoms with Crippen molar-refractivity contribution >= 4 is 106 Å². The summed E-state index contributed by atoms with van der Waals surface area (Å²) in [6.07, 6.45) is 0. The third kappa shape index (κ3) is 4.81. The molecule has 3 aromatic carbocycles. The normalized spacial score (nSPS) is 13.6. The molecule has 0 bridgehead atoms. The van der Waals surface area contributed by atoms with Crippen LogP contribution in [0, 0.1) is 0 Å². The van der Waals surface area contributed by atoms with Gasteiger partial charge in [0.25, 0.3) is 0 Å². The second-order valence-electron chi connectivity index (χ2n) is 6.04. The van der Waals surface area contributed by atoms with E-state index >= 15 is 0 Å². The Bertz CT molecular complexity index is 964. The third-order valence-electron chi connectivity index (χ3n) is 4.54. The number of fused-ring (bicyclic) bond motifs is 2. The Hall–Kier alpha value is -0.0600. The zero-order valence-corrected chi connectivity index (χ0v) is 16.7. The van der Waals surface area contributed by atoms with Crippen LogP contribution in [-0.4, -0.2) is 66.2 Å². The first kappa shape index (κ1) is 24.2. The molecule has 0 amide bonds. The molecule has 0 saturated carbocycles. The van der Waals surface area contributed by atoms with E-state index in [0.29, 0.717) is 5.02 Å². The number of rotatable bonds is 3. The Morgan fingerprint density at radius 2 is 1.36 bits per heavy atom. The molecule has 1 aliphatic heterocycles. The first-order chi connectivity index (χ1) is 12.7. The van der Waals surface area contributed by atoms with Crippen molar-refractivity contribution in [1.29, 1.82) is 0 Å². The van der Waals surface area contributed by atoms with Crippen LogP contribution in [0.25, 0.3) is 5.57 Å². The summed E-state index contributed by atoms with van der Waals surface area (Å²) in [4.78, 5) is 3.25. The summed E-state index contributed by atoms with van der Waals surface area (Å²) < 4.78 is 12.0. The van der Waals surface area contributed by atoms with E-state index in [-0.39, 0.29) is 66.8 Å². The minimum absolute atomic E-state index is 0. The van der Waals surface area contributed by atoms with Crippen molar-refractivity contribution in [3.63, 3.8) is 0 Å². The molecule has 0 fully saturated rings. The summed E-state index contributed by atoms with van der Waals surface area (Å²) in [5.41, 5.74) is 5.79. The van der Waals surface area contributed by atoms with Crippen LogP contribution >= 0.6 is 29.8 Å². The Morgan fingerprint density at radius 1 is 0.857 bits per heavy atom. The Balaban J connectivity index is 0.00000140. The molecule has 7 heteroatoms. The van der Waals surface area contributed by atoms with Crippen LogP contribution in [-0.2, 0) is 4.57 Å². The van der Waals surface area contributed by atoms with Crippen molar-refractivity contribution in [1.82, 2.24) is 0 Å². The molecule has 2 nitrogen and oxygen atoms in total. The Morgan fingerprint density at radius 3 is 1.86 bits per heavy atom. The molecule has 0 saturated heterocycles. The second kappa shape index (κ2) is 10.8. The van der Waals surface area contributed by atoms with Crippen molar-refractivity contribution in [3.8, 4) is 0 Å².